The molecule has 0 fully saturated rings. The van der Waals surface area contributed by atoms with Crippen molar-refractivity contribution in [3.05, 3.63) is 245 Å². The van der Waals surface area contributed by atoms with Crippen LogP contribution in [0.3, 0.4) is 0 Å². The van der Waals surface area contributed by atoms with E-state index in [0.717, 1.165) is 50.4 Å². The topological polar surface area (TPSA) is 54.5 Å². The maximum absolute atomic E-state index is 13.7. The summed E-state index contributed by atoms with van der Waals surface area (Å²) < 4.78 is 0. The van der Waals surface area contributed by atoms with E-state index in [1.165, 1.54) is 0 Å². The summed E-state index contributed by atoms with van der Waals surface area (Å²) in [5, 5.41) is 0. The first-order chi connectivity index (χ1) is 28.3. The highest BCUT2D eigenvalue weighted by Gasteiger charge is 2.38. The van der Waals surface area contributed by atoms with E-state index in [1.807, 2.05) is 164 Å². The minimum absolute atomic E-state index is 0.0205. The average molecular weight is 750 g/mol. The van der Waals surface area contributed by atoms with Crippen LogP contribution in [-0.4, -0.2) is 17.3 Å². The van der Waals surface area contributed by atoms with Gasteiger partial charge >= 0.3 is 0 Å². The van der Waals surface area contributed by atoms with Crippen molar-refractivity contribution in [2.24, 2.45) is 0 Å². The van der Waals surface area contributed by atoms with E-state index in [4.69, 9.17) is 0 Å². The van der Waals surface area contributed by atoms with E-state index >= 15 is 0 Å². The summed E-state index contributed by atoms with van der Waals surface area (Å²) in [7, 11) is 0. The molecule has 58 heavy (non-hydrogen) atoms. The summed E-state index contributed by atoms with van der Waals surface area (Å²) in [5.41, 5.74) is 12.3. The molecule has 0 spiro atoms. The molecule has 0 aromatic heterocycles. The third-order valence-electron chi connectivity index (χ3n) is 11.2. The minimum Gasteiger partial charge on any atom is -0.310 e. The second kappa shape index (κ2) is 14.9. The molecule has 1 aliphatic heterocycles. The summed E-state index contributed by atoms with van der Waals surface area (Å²) in [6.45, 7) is 4.49. The third kappa shape index (κ3) is 6.65. The highest BCUT2D eigenvalue weighted by molar-refractivity contribution is 6.11. The van der Waals surface area contributed by atoms with E-state index in [9.17, 15) is 14.4 Å². The minimum atomic E-state index is -0.473. The number of fused-ring (bicyclic) bond motifs is 2. The molecule has 8 aromatic rings. The lowest BCUT2D eigenvalue weighted by molar-refractivity contribution is 0.103. The zero-order chi connectivity index (χ0) is 39.8. The Kier molecular flexibility index (Phi) is 9.31. The van der Waals surface area contributed by atoms with Gasteiger partial charge in [-0.2, -0.15) is 0 Å². The molecule has 0 atom stereocenters. The molecule has 1 heterocycles. The number of benzene rings is 8. The molecule has 0 N–H and O–H groups in total. The first-order valence-electron chi connectivity index (χ1n) is 19.5. The summed E-state index contributed by atoms with van der Waals surface area (Å²) in [6.07, 6.45) is 0. The molecule has 0 radical (unpaired) electrons. The molecule has 4 nitrogen and oxygen atoms in total. The Labute approximate surface area is 338 Å². The number of rotatable bonds is 9. The smallest absolute Gasteiger partial charge is 0.193 e. The Bertz CT molecular complexity index is 2710. The van der Waals surface area contributed by atoms with Gasteiger partial charge in [0.25, 0.3) is 0 Å². The second-order valence-electron chi connectivity index (χ2n) is 15.2. The van der Waals surface area contributed by atoms with Crippen LogP contribution in [0.2, 0.25) is 0 Å². The van der Waals surface area contributed by atoms with Crippen molar-refractivity contribution < 1.29 is 14.4 Å². The summed E-state index contributed by atoms with van der Waals surface area (Å²) in [5.74, 6) is -0.0820. The Hall–Kier alpha value is -7.43. The molecule has 0 aliphatic carbocycles. The lowest BCUT2D eigenvalue weighted by Crippen LogP contribution is -2.30. The van der Waals surface area contributed by atoms with Gasteiger partial charge in [0.1, 0.15) is 0 Å². The lowest BCUT2D eigenvalue weighted by Gasteiger charge is -2.42. The fourth-order valence-corrected chi connectivity index (χ4v) is 8.11. The van der Waals surface area contributed by atoms with Crippen molar-refractivity contribution >= 4 is 34.4 Å². The van der Waals surface area contributed by atoms with Crippen LogP contribution in [0.4, 0.5) is 17.1 Å². The first kappa shape index (κ1) is 36.2. The molecule has 1 aliphatic rings. The zero-order valence-corrected chi connectivity index (χ0v) is 32.2. The number of carbonyl (C=O) groups excluding carboxylic acids is 3. The number of hydrogen-bond donors (Lipinski definition) is 0. The van der Waals surface area contributed by atoms with Gasteiger partial charge in [0, 0.05) is 44.5 Å². The average Bonchev–Trinajstić information content (AvgIpc) is 3.29. The number of ketones is 3. The van der Waals surface area contributed by atoms with Gasteiger partial charge in [-0.15, -0.1) is 0 Å². The molecule has 0 saturated heterocycles. The van der Waals surface area contributed by atoms with E-state index in [-0.39, 0.29) is 17.3 Å². The number of hydrogen-bond acceptors (Lipinski definition) is 4. The van der Waals surface area contributed by atoms with E-state index in [2.05, 4.69) is 55.1 Å². The maximum atomic E-state index is 13.7. The fourth-order valence-electron chi connectivity index (χ4n) is 8.11. The van der Waals surface area contributed by atoms with Crippen LogP contribution >= 0.6 is 0 Å². The molecule has 0 bridgehead atoms. The first-order valence-corrected chi connectivity index (χ1v) is 19.5. The van der Waals surface area contributed by atoms with Gasteiger partial charge in [0.15, 0.2) is 17.3 Å². The normalized spacial score (nSPS) is 12.6. The molecule has 0 amide bonds. The maximum Gasteiger partial charge on any atom is 0.193 e. The van der Waals surface area contributed by atoms with E-state index in [1.54, 1.807) is 0 Å². The van der Waals surface area contributed by atoms with Crippen LogP contribution in [0.15, 0.2) is 200 Å². The van der Waals surface area contributed by atoms with Crippen molar-refractivity contribution in [1.29, 1.82) is 0 Å². The molecule has 0 saturated carbocycles. The Morgan fingerprint density at radius 3 is 1.10 bits per heavy atom. The van der Waals surface area contributed by atoms with Gasteiger partial charge in [0.05, 0.1) is 11.4 Å². The molecule has 278 valence electrons. The predicted molar refractivity (Wildman–Crippen MR) is 234 cm³/mol. The molecular formula is C54H39NO3. The van der Waals surface area contributed by atoms with E-state index in [0.29, 0.717) is 33.4 Å². The molecule has 0 unspecified atom stereocenters. The van der Waals surface area contributed by atoms with Crippen molar-refractivity contribution in [2.75, 3.05) is 4.90 Å². The second-order valence-corrected chi connectivity index (χ2v) is 15.2. The summed E-state index contributed by atoms with van der Waals surface area (Å²) in [4.78, 5) is 43.0. The number of carbonyl (C=O) groups is 3. The standard InChI is InChI=1S/C54H39NO3/c1-54(2)47-34-41(39-21-12-23-43(31-39)51(56)36-15-6-3-7-16-36)27-29-49(47)55(46-26-14-25-45(33-46)53(58)38-19-10-5-11-20-38)50-30-28-42(35-48(50)54)40-22-13-24-44(32-40)52(57)37-17-8-4-9-18-37/h3-35H,1-2H3. The largest absolute Gasteiger partial charge is 0.310 e. The number of nitrogens with zero attached hydrogens (tertiary/aromatic N) is 1. The van der Waals surface area contributed by atoms with Crippen LogP contribution in [0, 0.1) is 0 Å². The molecule has 9 rings (SSSR count). The van der Waals surface area contributed by atoms with Gasteiger partial charge in [-0.3, -0.25) is 14.4 Å². The highest BCUT2D eigenvalue weighted by Crippen LogP contribution is 2.53. The van der Waals surface area contributed by atoms with Crippen LogP contribution in [-0.2, 0) is 5.41 Å². The Morgan fingerprint density at radius 2 is 0.690 bits per heavy atom. The lowest BCUT2D eigenvalue weighted by atomic mass is 9.72. The number of anilines is 3. The van der Waals surface area contributed by atoms with Crippen LogP contribution in [0.1, 0.15) is 72.7 Å². The van der Waals surface area contributed by atoms with Crippen molar-refractivity contribution in [3.8, 4) is 22.3 Å². The van der Waals surface area contributed by atoms with Gasteiger partial charge in [-0.05, 0) is 81.9 Å². The third-order valence-corrected chi connectivity index (χ3v) is 11.2. The Morgan fingerprint density at radius 1 is 0.345 bits per heavy atom. The van der Waals surface area contributed by atoms with Crippen molar-refractivity contribution in [1.82, 2.24) is 0 Å². The van der Waals surface area contributed by atoms with Crippen LogP contribution in [0.25, 0.3) is 22.3 Å². The SMILES string of the molecule is CC1(C)c2cc(-c3cccc(C(=O)c4ccccc4)c3)ccc2N(c2cccc(C(=O)c3ccccc3)c2)c2ccc(-c3cccc(C(=O)c4ccccc4)c3)cc21. The summed E-state index contributed by atoms with van der Waals surface area (Å²) >= 11 is 0. The quantitative estimate of drug-likeness (QED) is 0.138. The van der Waals surface area contributed by atoms with Gasteiger partial charge < -0.3 is 4.90 Å². The molecule has 4 heteroatoms. The van der Waals surface area contributed by atoms with Gasteiger partial charge in [-0.25, -0.2) is 0 Å². The van der Waals surface area contributed by atoms with Gasteiger partial charge in [-0.1, -0.05) is 166 Å². The van der Waals surface area contributed by atoms with Crippen molar-refractivity contribution in [3.63, 3.8) is 0 Å². The highest BCUT2D eigenvalue weighted by atomic mass is 16.1. The summed E-state index contributed by atoms with van der Waals surface area (Å²) in [6, 6.07) is 64.6. The predicted octanol–water partition coefficient (Wildman–Crippen LogP) is 12.8. The monoisotopic (exact) mass is 749 g/mol. The molecular weight excluding hydrogens is 711 g/mol. The zero-order valence-electron chi connectivity index (χ0n) is 32.2. The molecule has 8 aromatic carbocycles. The van der Waals surface area contributed by atoms with Gasteiger partial charge in [0.2, 0.25) is 0 Å². The van der Waals surface area contributed by atoms with Crippen molar-refractivity contribution in [2.45, 2.75) is 19.3 Å². The fraction of sp³-hybridized carbons (Fsp3) is 0.0556. The van der Waals surface area contributed by atoms with E-state index < -0.39 is 5.41 Å². The Balaban J connectivity index is 1.17. The van der Waals surface area contributed by atoms with Crippen LogP contribution in [0.5, 0.6) is 0 Å². The van der Waals surface area contributed by atoms with Crippen LogP contribution < -0.4 is 4.90 Å².